The maximum atomic E-state index is 11.2. The maximum Gasteiger partial charge on any atom is 0.167 e. The molecule has 0 aromatic heterocycles. The minimum atomic E-state index is 0.0248. The fourth-order valence-electron chi connectivity index (χ4n) is 3.77. The second kappa shape index (κ2) is 8.92. The number of Topliss-reactive ketones (excluding diaryl/α,β-unsaturated/α-hetero) is 1. The quantitative estimate of drug-likeness (QED) is 0.720. The first-order valence-corrected chi connectivity index (χ1v) is 9.79. The number of phenols is 1. The molecular weight excluding hydrogens is 348 g/mol. The molecule has 1 aliphatic carbocycles. The SMILES string of the molecule is CC(=O)COC1=CC(C)C(Cc2ccc(O)c(Cc3ccccc3)c2)C(C)=C1. The molecular formula is C25H28O3. The smallest absolute Gasteiger partial charge is 0.167 e. The fourth-order valence-corrected chi connectivity index (χ4v) is 3.77. The Labute approximate surface area is 167 Å². The van der Waals surface area contributed by atoms with Gasteiger partial charge >= 0.3 is 0 Å². The Balaban J connectivity index is 1.72. The van der Waals surface area contributed by atoms with Crippen molar-refractivity contribution >= 4 is 5.78 Å². The van der Waals surface area contributed by atoms with Crippen LogP contribution in [0.4, 0.5) is 0 Å². The van der Waals surface area contributed by atoms with Gasteiger partial charge in [-0.05, 0) is 67.0 Å². The Morgan fingerprint density at radius 2 is 1.86 bits per heavy atom. The lowest BCUT2D eigenvalue weighted by Crippen LogP contribution is -2.19. The summed E-state index contributed by atoms with van der Waals surface area (Å²) in [5.41, 5.74) is 4.61. The van der Waals surface area contributed by atoms with E-state index >= 15 is 0 Å². The van der Waals surface area contributed by atoms with E-state index in [9.17, 15) is 9.90 Å². The first-order chi connectivity index (χ1) is 13.4. The lowest BCUT2D eigenvalue weighted by atomic mass is 9.79. The molecule has 3 rings (SSSR count). The summed E-state index contributed by atoms with van der Waals surface area (Å²) in [6.07, 6.45) is 5.77. The van der Waals surface area contributed by atoms with Crippen molar-refractivity contribution in [2.45, 2.75) is 33.6 Å². The van der Waals surface area contributed by atoms with Crippen molar-refractivity contribution in [1.29, 1.82) is 0 Å². The van der Waals surface area contributed by atoms with E-state index in [-0.39, 0.29) is 12.4 Å². The van der Waals surface area contributed by atoms with Crippen molar-refractivity contribution in [3.63, 3.8) is 0 Å². The van der Waals surface area contributed by atoms with Crippen molar-refractivity contribution in [1.82, 2.24) is 0 Å². The van der Waals surface area contributed by atoms with Gasteiger partial charge in [-0.25, -0.2) is 0 Å². The van der Waals surface area contributed by atoms with Crippen LogP contribution in [-0.4, -0.2) is 17.5 Å². The molecule has 0 spiro atoms. The molecule has 3 heteroatoms. The van der Waals surface area contributed by atoms with Gasteiger partial charge in [0.15, 0.2) is 5.78 Å². The molecule has 0 fully saturated rings. The normalized spacial score (nSPS) is 19.0. The van der Waals surface area contributed by atoms with E-state index in [0.29, 0.717) is 17.6 Å². The predicted octanol–water partition coefficient (Wildman–Crippen LogP) is 5.23. The van der Waals surface area contributed by atoms with Crippen molar-refractivity contribution < 1.29 is 14.6 Å². The zero-order valence-electron chi connectivity index (χ0n) is 16.8. The van der Waals surface area contributed by atoms with Crippen molar-refractivity contribution in [2.75, 3.05) is 6.61 Å². The van der Waals surface area contributed by atoms with Crippen molar-refractivity contribution in [3.8, 4) is 5.75 Å². The number of carbonyl (C=O) groups is 1. The van der Waals surface area contributed by atoms with Gasteiger partial charge in [-0.1, -0.05) is 55.0 Å². The third-order valence-corrected chi connectivity index (χ3v) is 5.30. The van der Waals surface area contributed by atoms with Crippen LogP contribution < -0.4 is 0 Å². The van der Waals surface area contributed by atoms with Crippen LogP contribution in [0.3, 0.4) is 0 Å². The number of rotatable bonds is 7. The van der Waals surface area contributed by atoms with Crippen molar-refractivity contribution in [3.05, 3.63) is 88.7 Å². The van der Waals surface area contributed by atoms with Crippen LogP contribution >= 0.6 is 0 Å². The number of carbonyl (C=O) groups excluding carboxylic acids is 1. The zero-order chi connectivity index (χ0) is 20.1. The molecule has 28 heavy (non-hydrogen) atoms. The third kappa shape index (κ3) is 5.13. The molecule has 0 saturated heterocycles. The highest BCUT2D eigenvalue weighted by Crippen LogP contribution is 2.33. The van der Waals surface area contributed by atoms with Crippen LogP contribution in [0, 0.1) is 11.8 Å². The summed E-state index contributed by atoms with van der Waals surface area (Å²) in [5.74, 6) is 1.84. The molecule has 2 aromatic carbocycles. The highest BCUT2D eigenvalue weighted by molar-refractivity contribution is 5.76. The van der Waals surface area contributed by atoms with Gasteiger partial charge in [0.1, 0.15) is 18.1 Å². The monoisotopic (exact) mass is 376 g/mol. The van der Waals surface area contributed by atoms with E-state index in [4.69, 9.17) is 4.74 Å². The van der Waals surface area contributed by atoms with E-state index in [1.807, 2.05) is 30.3 Å². The fraction of sp³-hybridized carbons (Fsp3) is 0.320. The number of allylic oxidation sites excluding steroid dienone is 3. The number of ether oxygens (including phenoxy) is 1. The first-order valence-electron chi connectivity index (χ1n) is 9.79. The van der Waals surface area contributed by atoms with Gasteiger partial charge in [-0.15, -0.1) is 0 Å². The molecule has 146 valence electrons. The van der Waals surface area contributed by atoms with Crippen LogP contribution in [0.25, 0.3) is 0 Å². The lowest BCUT2D eigenvalue weighted by molar-refractivity contribution is -0.120. The topological polar surface area (TPSA) is 46.5 Å². The number of ketones is 1. The zero-order valence-corrected chi connectivity index (χ0v) is 16.8. The number of aromatic hydroxyl groups is 1. The molecule has 1 aliphatic rings. The highest BCUT2D eigenvalue weighted by Gasteiger charge is 2.23. The minimum absolute atomic E-state index is 0.0248. The lowest BCUT2D eigenvalue weighted by Gasteiger charge is -2.28. The Kier molecular flexibility index (Phi) is 6.35. The van der Waals surface area contributed by atoms with Gasteiger partial charge in [0.25, 0.3) is 0 Å². The van der Waals surface area contributed by atoms with Gasteiger partial charge in [-0.2, -0.15) is 0 Å². The summed E-state index contributed by atoms with van der Waals surface area (Å²) in [5, 5.41) is 10.3. The van der Waals surface area contributed by atoms with Gasteiger partial charge in [0.2, 0.25) is 0 Å². The highest BCUT2D eigenvalue weighted by atomic mass is 16.5. The third-order valence-electron chi connectivity index (χ3n) is 5.30. The van der Waals surface area contributed by atoms with Crippen LogP contribution in [0.1, 0.15) is 37.5 Å². The van der Waals surface area contributed by atoms with E-state index in [1.54, 1.807) is 6.07 Å². The van der Waals surface area contributed by atoms with Gasteiger partial charge in [0, 0.05) is 6.42 Å². The molecule has 3 nitrogen and oxygen atoms in total. The second-order valence-corrected chi connectivity index (χ2v) is 7.74. The van der Waals surface area contributed by atoms with Crippen LogP contribution in [-0.2, 0) is 22.4 Å². The minimum Gasteiger partial charge on any atom is -0.508 e. The molecule has 1 N–H and O–H groups in total. The second-order valence-electron chi connectivity index (χ2n) is 7.74. The molecule has 0 heterocycles. The average Bonchev–Trinajstić information content (AvgIpc) is 2.66. The molecule has 2 atom stereocenters. The van der Waals surface area contributed by atoms with Gasteiger partial charge in [-0.3, -0.25) is 4.79 Å². The maximum absolute atomic E-state index is 11.2. The largest absolute Gasteiger partial charge is 0.508 e. The number of benzene rings is 2. The Morgan fingerprint density at radius 1 is 1.11 bits per heavy atom. The predicted molar refractivity (Wildman–Crippen MR) is 112 cm³/mol. The summed E-state index contributed by atoms with van der Waals surface area (Å²) in [7, 11) is 0. The summed E-state index contributed by atoms with van der Waals surface area (Å²) in [6, 6.07) is 16.1. The molecule has 0 saturated carbocycles. The molecule has 2 aromatic rings. The Morgan fingerprint density at radius 3 is 2.54 bits per heavy atom. The molecule has 2 unspecified atom stereocenters. The number of hydrogen-bond donors (Lipinski definition) is 1. The summed E-state index contributed by atoms with van der Waals surface area (Å²) < 4.78 is 5.59. The van der Waals surface area contributed by atoms with Crippen LogP contribution in [0.2, 0.25) is 0 Å². The van der Waals surface area contributed by atoms with Crippen molar-refractivity contribution in [2.24, 2.45) is 11.8 Å². The van der Waals surface area contributed by atoms with E-state index in [0.717, 1.165) is 24.2 Å². The molecule has 0 radical (unpaired) electrons. The van der Waals surface area contributed by atoms with E-state index in [1.165, 1.54) is 23.6 Å². The van der Waals surface area contributed by atoms with Crippen LogP contribution in [0.15, 0.2) is 72.0 Å². The van der Waals surface area contributed by atoms with E-state index < -0.39 is 0 Å². The summed E-state index contributed by atoms with van der Waals surface area (Å²) in [6.45, 7) is 5.96. The van der Waals surface area contributed by atoms with E-state index in [2.05, 4.69) is 38.1 Å². The van der Waals surface area contributed by atoms with Gasteiger partial charge < -0.3 is 9.84 Å². The van der Waals surface area contributed by atoms with Crippen LogP contribution in [0.5, 0.6) is 5.75 Å². The molecule has 0 aliphatic heterocycles. The number of phenolic OH excluding ortho intramolecular Hbond substituents is 1. The Bertz CT molecular complexity index is 893. The molecule has 0 bridgehead atoms. The first kappa shape index (κ1) is 19.9. The standard InChI is InChI=1S/C25H28O3/c1-17-11-23(28-16-19(3)26)12-18(2)24(17)15-21-9-10-25(27)22(14-21)13-20-7-5-4-6-8-20/h4-12,14,17,24,27H,13,15-16H2,1-3H3. The Hall–Kier alpha value is -2.81. The summed E-state index contributed by atoms with van der Waals surface area (Å²) in [4.78, 5) is 11.2. The van der Waals surface area contributed by atoms with Gasteiger partial charge in [0.05, 0.1) is 0 Å². The average molecular weight is 376 g/mol. The summed E-state index contributed by atoms with van der Waals surface area (Å²) >= 11 is 0. The number of hydrogen-bond acceptors (Lipinski definition) is 3. The molecule has 0 amide bonds.